The van der Waals surface area contributed by atoms with Crippen molar-refractivity contribution in [3.8, 4) is 0 Å². The lowest BCUT2D eigenvalue weighted by atomic mass is 10.1. The van der Waals surface area contributed by atoms with Crippen molar-refractivity contribution in [3.05, 3.63) is 0 Å². The summed E-state index contributed by atoms with van der Waals surface area (Å²) in [5, 5.41) is 9.02. The van der Waals surface area contributed by atoms with E-state index in [-0.39, 0.29) is 0 Å². The molecule has 0 amide bonds. The van der Waals surface area contributed by atoms with Crippen molar-refractivity contribution in [2.24, 2.45) is 0 Å². The fourth-order valence-corrected chi connectivity index (χ4v) is 3.49. The molecule has 3 heteroatoms. The Bertz CT molecular complexity index is 264. The van der Waals surface area contributed by atoms with Gasteiger partial charge in [0.05, 0.1) is 0 Å². The van der Waals surface area contributed by atoms with E-state index in [1.165, 1.54) is 77.0 Å². The zero-order valence-electron chi connectivity index (χ0n) is 15.2. The molecule has 0 saturated carbocycles. The van der Waals surface area contributed by atoms with Crippen LogP contribution in [-0.4, -0.2) is 21.6 Å². The second-order valence-electron chi connectivity index (χ2n) is 6.91. The molecule has 0 aromatic heterocycles. The summed E-state index contributed by atoms with van der Waals surface area (Å²) in [6, 6.07) is 0. The molecule has 0 rings (SSSR count). The molecule has 0 heterocycles. The SMILES string of the molecule is CCCCCCCCCCCCCCCSC(C)(C)C(=O)O. The van der Waals surface area contributed by atoms with Crippen molar-refractivity contribution in [1.29, 1.82) is 0 Å². The molecule has 0 aliphatic heterocycles. The Morgan fingerprint density at radius 3 is 1.50 bits per heavy atom. The van der Waals surface area contributed by atoms with Gasteiger partial charge in [-0.1, -0.05) is 84.0 Å². The van der Waals surface area contributed by atoms with Crippen molar-refractivity contribution >= 4 is 17.7 Å². The number of carbonyl (C=O) groups is 1. The summed E-state index contributed by atoms with van der Waals surface area (Å²) >= 11 is 1.57. The standard InChI is InChI=1S/C19H38O2S/c1-4-5-6-7-8-9-10-11-12-13-14-15-16-17-22-19(2,3)18(20)21/h4-17H2,1-3H3,(H,20,21). The maximum Gasteiger partial charge on any atom is 0.319 e. The molecular weight excluding hydrogens is 292 g/mol. The molecule has 132 valence electrons. The van der Waals surface area contributed by atoms with Crippen LogP contribution in [0.5, 0.6) is 0 Å². The minimum atomic E-state index is -0.702. The number of hydrogen-bond donors (Lipinski definition) is 1. The average Bonchev–Trinajstić information content (AvgIpc) is 2.47. The summed E-state index contributed by atoms with van der Waals surface area (Å²) in [6.07, 6.45) is 17.7. The third kappa shape index (κ3) is 13.5. The molecule has 0 fully saturated rings. The Morgan fingerprint density at radius 1 is 0.773 bits per heavy atom. The Morgan fingerprint density at radius 2 is 1.14 bits per heavy atom. The van der Waals surface area contributed by atoms with Gasteiger partial charge in [-0.05, 0) is 26.0 Å². The lowest BCUT2D eigenvalue weighted by Gasteiger charge is -2.17. The highest BCUT2D eigenvalue weighted by molar-refractivity contribution is 8.01. The van der Waals surface area contributed by atoms with Crippen LogP contribution >= 0.6 is 11.8 Å². The Labute approximate surface area is 142 Å². The third-order valence-electron chi connectivity index (χ3n) is 4.23. The Hall–Kier alpha value is -0.180. The van der Waals surface area contributed by atoms with Gasteiger partial charge in [-0.25, -0.2) is 0 Å². The first kappa shape index (κ1) is 21.8. The number of carboxylic acid groups (broad SMARTS) is 1. The van der Waals surface area contributed by atoms with Gasteiger partial charge in [0, 0.05) is 0 Å². The van der Waals surface area contributed by atoms with E-state index in [1.54, 1.807) is 25.6 Å². The van der Waals surface area contributed by atoms with Crippen LogP contribution in [-0.2, 0) is 4.79 Å². The van der Waals surface area contributed by atoms with E-state index in [0.717, 1.165) is 12.2 Å². The highest BCUT2D eigenvalue weighted by Crippen LogP contribution is 2.25. The topological polar surface area (TPSA) is 37.3 Å². The van der Waals surface area contributed by atoms with Gasteiger partial charge < -0.3 is 5.11 Å². The van der Waals surface area contributed by atoms with Crippen molar-refractivity contribution in [1.82, 2.24) is 0 Å². The molecule has 0 atom stereocenters. The number of unbranched alkanes of at least 4 members (excludes halogenated alkanes) is 12. The minimum Gasteiger partial charge on any atom is -0.480 e. The fraction of sp³-hybridized carbons (Fsp3) is 0.947. The monoisotopic (exact) mass is 330 g/mol. The van der Waals surface area contributed by atoms with Gasteiger partial charge >= 0.3 is 5.97 Å². The second-order valence-corrected chi connectivity index (χ2v) is 8.62. The summed E-state index contributed by atoms with van der Waals surface area (Å²) in [4.78, 5) is 11.0. The molecule has 0 unspecified atom stereocenters. The van der Waals surface area contributed by atoms with Gasteiger partial charge in [0.25, 0.3) is 0 Å². The molecule has 0 aromatic rings. The molecule has 0 saturated heterocycles. The highest BCUT2D eigenvalue weighted by atomic mass is 32.2. The normalized spacial score (nSPS) is 11.8. The van der Waals surface area contributed by atoms with E-state index in [2.05, 4.69) is 6.92 Å². The highest BCUT2D eigenvalue weighted by Gasteiger charge is 2.26. The van der Waals surface area contributed by atoms with Crippen LogP contribution in [0.3, 0.4) is 0 Å². The van der Waals surface area contributed by atoms with Crippen molar-refractivity contribution in [2.75, 3.05) is 5.75 Å². The largest absolute Gasteiger partial charge is 0.480 e. The fourth-order valence-electron chi connectivity index (χ4n) is 2.51. The van der Waals surface area contributed by atoms with E-state index in [1.807, 2.05) is 0 Å². The Balaban J connectivity index is 3.16. The predicted molar refractivity (Wildman–Crippen MR) is 99.9 cm³/mol. The summed E-state index contributed by atoms with van der Waals surface area (Å²) in [7, 11) is 0. The first-order valence-corrected chi connectivity index (χ1v) is 10.4. The predicted octanol–water partition coefficient (Wildman–Crippen LogP) is 6.67. The lowest BCUT2D eigenvalue weighted by Crippen LogP contribution is -2.27. The first-order chi connectivity index (χ1) is 10.5. The molecule has 0 bridgehead atoms. The van der Waals surface area contributed by atoms with Gasteiger partial charge in [0.2, 0.25) is 0 Å². The smallest absolute Gasteiger partial charge is 0.319 e. The van der Waals surface area contributed by atoms with Crippen LogP contribution in [0.4, 0.5) is 0 Å². The molecule has 0 radical (unpaired) electrons. The number of rotatable bonds is 16. The molecule has 0 spiro atoms. The molecule has 22 heavy (non-hydrogen) atoms. The Kier molecular flexibility index (Phi) is 14.3. The summed E-state index contributed by atoms with van der Waals surface area (Å²) in [6.45, 7) is 5.86. The van der Waals surface area contributed by atoms with E-state index in [4.69, 9.17) is 5.11 Å². The molecule has 0 aromatic carbocycles. The van der Waals surface area contributed by atoms with Crippen LogP contribution in [0.25, 0.3) is 0 Å². The zero-order valence-corrected chi connectivity index (χ0v) is 16.0. The van der Waals surface area contributed by atoms with Crippen LogP contribution < -0.4 is 0 Å². The van der Waals surface area contributed by atoms with Crippen LogP contribution in [0.2, 0.25) is 0 Å². The van der Waals surface area contributed by atoms with Crippen LogP contribution in [0.1, 0.15) is 104 Å². The molecule has 0 aliphatic rings. The van der Waals surface area contributed by atoms with Gasteiger partial charge in [0.1, 0.15) is 4.75 Å². The van der Waals surface area contributed by atoms with E-state index in [9.17, 15) is 4.79 Å². The van der Waals surface area contributed by atoms with Crippen molar-refractivity contribution in [2.45, 2.75) is 109 Å². The summed E-state index contributed by atoms with van der Waals surface area (Å²) in [5.74, 6) is 0.268. The molecule has 2 nitrogen and oxygen atoms in total. The summed E-state index contributed by atoms with van der Waals surface area (Å²) < 4.78 is -0.628. The number of hydrogen-bond acceptors (Lipinski definition) is 2. The van der Waals surface area contributed by atoms with E-state index >= 15 is 0 Å². The number of thioether (sulfide) groups is 1. The van der Waals surface area contributed by atoms with E-state index in [0.29, 0.717) is 0 Å². The van der Waals surface area contributed by atoms with Crippen molar-refractivity contribution in [3.63, 3.8) is 0 Å². The summed E-state index contributed by atoms with van der Waals surface area (Å²) in [5.41, 5.74) is 0. The quantitative estimate of drug-likeness (QED) is 0.321. The third-order valence-corrected chi connectivity index (χ3v) is 5.61. The zero-order chi connectivity index (χ0) is 16.7. The van der Waals surface area contributed by atoms with Gasteiger partial charge in [-0.15, -0.1) is 11.8 Å². The van der Waals surface area contributed by atoms with Crippen LogP contribution in [0.15, 0.2) is 0 Å². The average molecular weight is 331 g/mol. The van der Waals surface area contributed by atoms with E-state index < -0.39 is 10.7 Å². The second kappa shape index (κ2) is 14.4. The first-order valence-electron chi connectivity index (χ1n) is 9.38. The maximum atomic E-state index is 11.0. The van der Waals surface area contributed by atoms with Gasteiger partial charge in [0.15, 0.2) is 0 Å². The maximum absolute atomic E-state index is 11.0. The minimum absolute atomic E-state index is 0.628. The van der Waals surface area contributed by atoms with Gasteiger partial charge in [-0.2, -0.15) is 0 Å². The van der Waals surface area contributed by atoms with Crippen LogP contribution in [0, 0.1) is 0 Å². The molecule has 1 N–H and O–H groups in total. The van der Waals surface area contributed by atoms with Gasteiger partial charge in [-0.3, -0.25) is 4.79 Å². The molecule has 0 aliphatic carbocycles. The van der Waals surface area contributed by atoms with Crippen molar-refractivity contribution < 1.29 is 9.90 Å². The number of aliphatic carboxylic acids is 1. The number of carboxylic acids is 1. The lowest BCUT2D eigenvalue weighted by molar-refractivity contribution is -0.138. The molecular formula is C19H38O2S.